The highest BCUT2D eigenvalue weighted by atomic mass is 35.5. The molecule has 4 heteroatoms. The van der Waals surface area contributed by atoms with Gasteiger partial charge >= 0.3 is 0 Å². The molecule has 2 nitrogen and oxygen atoms in total. The van der Waals surface area contributed by atoms with Gasteiger partial charge < -0.3 is 10.5 Å². The summed E-state index contributed by atoms with van der Waals surface area (Å²) >= 11 is 12.1. The Balaban J connectivity index is 2.91. The van der Waals surface area contributed by atoms with E-state index in [-0.39, 0.29) is 0 Å². The minimum absolute atomic E-state index is 0.501. The van der Waals surface area contributed by atoms with Crippen molar-refractivity contribution < 1.29 is 4.74 Å². The normalized spacial score (nSPS) is 10.2. The molecule has 2 N–H and O–H groups in total. The van der Waals surface area contributed by atoms with Crippen molar-refractivity contribution in [3.63, 3.8) is 0 Å². The summed E-state index contributed by atoms with van der Waals surface area (Å²) in [5.41, 5.74) is 7.71. The summed E-state index contributed by atoms with van der Waals surface area (Å²) in [6.45, 7) is 5.08. The molecule has 0 spiro atoms. The van der Waals surface area contributed by atoms with Crippen molar-refractivity contribution in [2.24, 2.45) is 5.73 Å². The SMILES string of the molecule is CC(C)=CCOc1c(Cl)cc(Cl)cc1CCN. The van der Waals surface area contributed by atoms with Gasteiger partial charge in [0.05, 0.1) is 5.02 Å². The molecular formula is C13H17Cl2NO. The number of rotatable bonds is 5. The summed E-state index contributed by atoms with van der Waals surface area (Å²) in [7, 11) is 0. The van der Waals surface area contributed by atoms with Crippen molar-refractivity contribution in [2.45, 2.75) is 20.3 Å². The Kier molecular flexibility index (Phi) is 5.83. The topological polar surface area (TPSA) is 35.2 Å². The quantitative estimate of drug-likeness (QED) is 0.828. The van der Waals surface area contributed by atoms with Crippen molar-refractivity contribution in [2.75, 3.05) is 13.2 Å². The molecule has 17 heavy (non-hydrogen) atoms. The maximum absolute atomic E-state index is 6.11. The molecule has 0 amide bonds. The Bertz CT molecular complexity index is 412. The Morgan fingerprint density at radius 2 is 2.06 bits per heavy atom. The van der Waals surface area contributed by atoms with Gasteiger partial charge in [0, 0.05) is 5.02 Å². The zero-order valence-corrected chi connectivity index (χ0v) is 11.6. The van der Waals surface area contributed by atoms with Crippen molar-refractivity contribution >= 4 is 23.2 Å². The minimum atomic E-state index is 0.501. The van der Waals surface area contributed by atoms with Gasteiger partial charge in [-0.25, -0.2) is 0 Å². The average molecular weight is 274 g/mol. The monoisotopic (exact) mass is 273 g/mol. The lowest BCUT2D eigenvalue weighted by Crippen LogP contribution is -2.06. The van der Waals surface area contributed by atoms with E-state index in [0.29, 0.717) is 35.4 Å². The second kappa shape index (κ2) is 6.90. The van der Waals surface area contributed by atoms with Crippen LogP contribution in [0.1, 0.15) is 19.4 Å². The highest BCUT2D eigenvalue weighted by Crippen LogP contribution is 2.32. The van der Waals surface area contributed by atoms with Gasteiger partial charge in [0.25, 0.3) is 0 Å². The van der Waals surface area contributed by atoms with Crippen LogP contribution in [0.25, 0.3) is 0 Å². The molecule has 0 saturated carbocycles. The Morgan fingerprint density at radius 1 is 1.35 bits per heavy atom. The van der Waals surface area contributed by atoms with Crippen molar-refractivity contribution in [3.05, 3.63) is 39.4 Å². The van der Waals surface area contributed by atoms with Gasteiger partial charge in [-0.3, -0.25) is 0 Å². The molecule has 0 bridgehead atoms. The first-order valence-electron chi connectivity index (χ1n) is 5.48. The van der Waals surface area contributed by atoms with Gasteiger partial charge in [-0.05, 0) is 50.6 Å². The average Bonchev–Trinajstić information content (AvgIpc) is 2.21. The van der Waals surface area contributed by atoms with Crippen LogP contribution in [-0.2, 0) is 6.42 Å². The fourth-order valence-electron chi connectivity index (χ4n) is 1.41. The molecule has 0 heterocycles. The number of ether oxygens (including phenoxy) is 1. The third-order valence-corrected chi connectivity index (χ3v) is 2.72. The summed E-state index contributed by atoms with van der Waals surface area (Å²) in [6, 6.07) is 3.53. The Hall–Kier alpha value is -0.700. The number of benzene rings is 1. The van der Waals surface area contributed by atoms with Crippen molar-refractivity contribution in [1.82, 2.24) is 0 Å². The van der Waals surface area contributed by atoms with Gasteiger partial charge in [-0.2, -0.15) is 0 Å². The first kappa shape index (κ1) is 14.4. The summed E-state index contributed by atoms with van der Waals surface area (Å²) in [5.74, 6) is 0.680. The molecule has 0 aromatic heterocycles. The summed E-state index contributed by atoms with van der Waals surface area (Å²) in [6.07, 6.45) is 2.70. The lowest BCUT2D eigenvalue weighted by Gasteiger charge is -2.12. The van der Waals surface area contributed by atoms with Crippen LogP contribution in [0.3, 0.4) is 0 Å². The molecule has 0 unspecified atom stereocenters. The van der Waals surface area contributed by atoms with E-state index >= 15 is 0 Å². The molecule has 1 rings (SSSR count). The highest BCUT2D eigenvalue weighted by molar-refractivity contribution is 6.35. The maximum Gasteiger partial charge on any atom is 0.141 e. The smallest absolute Gasteiger partial charge is 0.141 e. The Labute approximate surface area is 112 Å². The molecule has 0 fully saturated rings. The first-order chi connectivity index (χ1) is 8.04. The molecule has 0 aliphatic rings. The van der Waals surface area contributed by atoms with E-state index < -0.39 is 0 Å². The van der Waals surface area contributed by atoms with Crippen molar-refractivity contribution in [1.29, 1.82) is 0 Å². The molecule has 94 valence electrons. The summed E-state index contributed by atoms with van der Waals surface area (Å²) in [4.78, 5) is 0. The largest absolute Gasteiger partial charge is 0.488 e. The fourth-order valence-corrected chi connectivity index (χ4v) is 2.00. The van der Waals surface area contributed by atoms with Gasteiger partial charge in [0.15, 0.2) is 0 Å². The van der Waals surface area contributed by atoms with E-state index in [1.54, 1.807) is 6.07 Å². The minimum Gasteiger partial charge on any atom is -0.488 e. The molecular weight excluding hydrogens is 257 g/mol. The van der Waals surface area contributed by atoms with E-state index in [1.807, 2.05) is 26.0 Å². The van der Waals surface area contributed by atoms with Crippen LogP contribution in [-0.4, -0.2) is 13.2 Å². The van der Waals surface area contributed by atoms with Gasteiger partial charge in [0.1, 0.15) is 12.4 Å². The molecule has 0 aliphatic carbocycles. The molecule has 0 atom stereocenters. The van der Waals surface area contributed by atoms with E-state index in [4.69, 9.17) is 33.7 Å². The second-order valence-corrected chi connectivity index (χ2v) is 4.85. The molecule has 1 aromatic rings. The lowest BCUT2D eigenvalue weighted by molar-refractivity contribution is 0.358. The van der Waals surface area contributed by atoms with Crippen LogP contribution in [0.2, 0.25) is 10.0 Å². The van der Waals surface area contributed by atoms with Gasteiger partial charge in [0.2, 0.25) is 0 Å². The van der Waals surface area contributed by atoms with Crippen LogP contribution in [0.15, 0.2) is 23.8 Å². The zero-order valence-electron chi connectivity index (χ0n) is 10.1. The van der Waals surface area contributed by atoms with Crippen LogP contribution in [0, 0.1) is 0 Å². The van der Waals surface area contributed by atoms with Gasteiger partial charge in [-0.15, -0.1) is 0 Å². The van der Waals surface area contributed by atoms with Crippen molar-refractivity contribution in [3.8, 4) is 5.75 Å². The third kappa shape index (κ3) is 4.58. The van der Waals surface area contributed by atoms with E-state index in [9.17, 15) is 0 Å². The number of allylic oxidation sites excluding steroid dienone is 1. The third-order valence-electron chi connectivity index (χ3n) is 2.22. The number of nitrogens with two attached hydrogens (primary N) is 1. The van der Waals surface area contributed by atoms with Crippen LogP contribution in [0.5, 0.6) is 5.75 Å². The predicted molar refractivity (Wildman–Crippen MR) is 74.1 cm³/mol. The second-order valence-electron chi connectivity index (χ2n) is 4.01. The molecule has 0 aliphatic heterocycles. The standard InChI is InChI=1S/C13H17Cl2NO/c1-9(2)4-6-17-13-10(3-5-16)7-11(14)8-12(13)15/h4,7-8H,3,5-6,16H2,1-2H3. The summed E-state index contributed by atoms with van der Waals surface area (Å²) < 4.78 is 5.66. The fraction of sp³-hybridized carbons (Fsp3) is 0.385. The number of hydrogen-bond acceptors (Lipinski definition) is 2. The van der Waals surface area contributed by atoms with Gasteiger partial charge in [-0.1, -0.05) is 28.8 Å². The lowest BCUT2D eigenvalue weighted by atomic mass is 10.1. The molecule has 0 saturated heterocycles. The van der Waals surface area contributed by atoms with Crippen LogP contribution < -0.4 is 10.5 Å². The van der Waals surface area contributed by atoms with E-state index in [1.165, 1.54) is 5.57 Å². The maximum atomic E-state index is 6.11. The Morgan fingerprint density at radius 3 is 2.65 bits per heavy atom. The summed E-state index contributed by atoms with van der Waals surface area (Å²) in [5, 5.41) is 1.14. The molecule has 0 radical (unpaired) electrons. The first-order valence-corrected chi connectivity index (χ1v) is 6.24. The highest BCUT2D eigenvalue weighted by Gasteiger charge is 2.09. The van der Waals surface area contributed by atoms with E-state index in [0.717, 1.165) is 5.56 Å². The van der Waals surface area contributed by atoms with Crippen LogP contribution >= 0.6 is 23.2 Å². The van der Waals surface area contributed by atoms with E-state index in [2.05, 4.69) is 0 Å². The molecule has 1 aromatic carbocycles. The number of hydrogen-bond donors (Lipinski definition) is 1. The van der Waals surface area contributed by atoms with Crippen LogP contribution in [0.4, 0.5) is 0 Å². The number of halogens is 2. The predicted octanol–water partition coefficient (Wildman–Crippen LogP) is 3.84. The zero-order chi connectivity index (χ0) is 12.8.